The van der Waals surface area contributed by atoms with Gasteiger partial charge in [-0.3, -0.25) is 9.59 Å². The van der Waals surface area contributed by atoms with E-state index in [1.54, 1.807) is 0 Å². The van der Waals surface area contributed by atoms with Gasteiger partial charge in [-0.25, -0.2) is 0 Å². The van der Waals surface area contributed by atoms with E-state index in [9.17, 15) is 9.59 Å². The second-order valence-electron chi connectivity index (χ2n) is 11.5. The number of hydrogen-bond donors (Lipinski definition) is 2. The molecule has 0 amide bonds. The smallest absolute Gasteiger partial charge is 0.303 e. The normalized spacial score (nSPS) is 11.0. The predicted octanol–water partition coefficient (Wildman–Crippen LogP) is 12.2. The van der Waals surface area contributed by atoms with Crippen LogP contribution in [0.4, 0.5) is 0 Å². The Bertz CT molecular complexity index is 524. The number of carboxylic acid groups (broad SMARTS) is 2. The first-order valence-electron chi connectivity index (χ1n) is 17.3. The van der Waals surface area contributed by atoms with Gasteiger partial charge in [0.15, 0.2) is 0 Å². The fraction of sp³-hybridized carbons (Fsp3) is 0.833. The summed E-state index contributed by atoms with van der Waals surface area (Å²) in [4.78, 5) is 20.7. The topological polar surface area (TPSA) is 74.6 Å². The molecule has 0 bridgehead atoms. The van der Waals surface area contributed by atoms with Crippen molar-refractivity contribution in [3.05, 3.63) is 24.3 Å². The molecule has 0 aliphatic rings. The molecule has 0 aliphatic carbocycles. The van der Waals surface area contributed by atoms with E-state index in [0.717, 1.165) is 25.7 Å². The molecule has 0 aromatic heterocycles. The maximum absolute atomic E-state index is 10.3. The van der Waals surface area contributed by atoms with Crippen molar-refractivity contribution in [1.29, 1.82) is 0 Å². The van der Waals surface area contributed by atoms with Crippen LogP contribution >= 0.6 is 0 Å². The van der Waals surface area contributed by atoms with E-state index >= 15 is 0 Å². The second-order valence-corrected chi connectivity index (χ2v) is 11.5. The fourth-order valence-corrected chi connectivity index (χ4v) is 4.69. The van der Waals surface area contributed by atoms with E-state index in [2.05, 4.69) is 38.2 Å². The van der Waals surface area contributed by atoms with Crippen LogP contribution in [0.2, 0.25) is 0 Å². The summed E-state index contributed by atoms with van der Waals surface area (Å²) in [6, 6.07) is 0. The van der Waals surface area contributed by atoms with E-state index in [4.69, 9.17) is 10.2 Å². The zero-order chi connectivity index (χ0) is 29.8. The van der Waals surface area contributed by atoms with Gasteiger partial charge in [0.1, 0.15) is 0 Å². The van der Waals surface area contributed by atoms with Gasteiger partial charge in [-0.1, -0.05) is 141 Å². The summed E-state index contributed by atoms with van der Waals surface area (Å²) in [5, 5.41) is 17.0. The van der Waals surface area contributed by atoms with Crippen LogP contribution in [0.15, 0.2) is 24.3 Å². The Labute approximate surface area is 266 Å². The van der Waals surface area contributed by atoms with Gasteiger partial charge in [0, 0.05) is 29.9 Å². The molecule has 244 valence electrons. The fourth-order valence-electron chi connectivity index (χ4n) is 4.69. The molecule has 0 aliphatic heterocycles. The quantitative estimate of drug-likeness (QED) is 0.0476. The average molecular weight is 621 g/mol. The van der Waals surface area contributed by atoms with E-state index < -0.39 is 11.9 Å². The van der Waals surface area contributed by atoms with Gasteiger partial charge in [0.2, 0.25) is 0 Å². The molecule has 0 fully saturated rings. The first-order valence-corrected chi connectivity index (χ1v) is 17.3. The monoisotopic (exact) mass is 620 g/mol. The summed E-state index contributed by atoms with van der Waals surface area (Å²) in [5.41, 5.74) is 0. The van der Waals surface area contributed by atoms with Crippen LogP contribution in [0.3, 0.4) is 0 Å². The van der Waals surface area contributed by atoms with Crippen molar-refractivity contribution in [3.63, 3.8) is 0 Å². The van der Waals surface area contributed by atoms with Crippen molar-refractivity contribution in [1.82, 2.24) is 0 Å². The number of hydrogen-bond acceptors (Lipinski definition) is 2. The zero-order valence-electron chi connectivity index (χ0n) is 27.2. The third kappa shape index (κ3) is 49.0. The summed E-state index contributed by atoms with van der Waals surface area (Å²) >= 11 is 0. The van der Waals surface area contributed by atoms with Crippen LogP contribution in [0.1, 0.15) is 194 Å². The van der Waals surface area contributed by atoms with Crippen LogP contribution in [-0.4, -0.2) is 22.2 Å². The molecule has 4 nitrogen and oxygen atoms in total. The van der Waals surface area contributed by atoms with E-state index in [1.165, 1.54) is 141 Å². The van der Waals surface area contributed by atoms with Crippen molar-refractivity contribution < 1.29 is 36.9 Å². The van der Waals surface area contributed by atoms with E-state index in [0.29, 0.717) is 12.8 Å². The SMILES string of the molecule is CCCCCC/C=C\CCCCCCCCCC(=O)O.CCCCCC/C=C\CCCCCCCCCC(=O)O.[Fe]. The van der Waals surface area contributed by atoms with Gasteiger partial charge in [-0.2, -0.15) is 0 Å². The van der Waals surface area contributed by atoms with Crippen LogP contribution in [0, 0.1) is 0 Å². The van der Waals surface area contributed by atoms with E-state index in [-0.39, 0.29) is 17.1 Å². The Balaban J connectivity index is -0.000000688. The molecule has 0 heterocycles. The minimum Gasteiger partial charge on any atom is -0.481 e. The molecule has 5 heteroatoms. The summed E-state index contributed by atoms with van der Waals surface area (Å²) in [5.74, 6) is -1.32. The summed E-state index contributed by atoms with van der Waals surface area (Å²) < 4.78 is 0. The minimum absolute atomic E-state index is 0. The molecule has 0 atom stereocenters. The van der Waals surface area contributed by atoms with Gasteiger partial charge in [-0.15, -0.1) is 0 Å². The molecular formula is C36H68FeO4. The zero-order valence-corrected chi connectivity index (χ0v) is 28.3. The number of aliphatic carboxylic acids is 2. The Morgan fingerprint density at radius 1 is 0.390 bits per heavy atom. The number of unbranched alkanes of at least 4 members (excludes halogenated alkanes) is 22. The van der Waals surface area contributed by atoms with Crippen molar-refractivity contribution in [2.24, 2.45) is 0 Å². The van der Waals surface area contributed by atoms with Gasteiger partial charge in [-0.05, 0) is 64.2 Å². The van der Waals surface area contributed by atoms with Gasteiger partial charge < -0.3 is 10.2 Å². The molecular weight excluding hydrogens is 552 g/mol. The Hall–Kier alpha value is -1.06. The third-order valence-corrected chi connectivity index (χ3v) is 7.30. The molecule has 0 rings (SSSR count). The average Bonchev–Trinajstić information content (AvgIpc) is 2.93. The van der Waals surface area contributed by atoms with Crippen LogP contribution in [0.5, 0.6) is 0 Å². The van der Waals surface area contributed by atoms with Crippen molar-refractivity contribution in [3.8, 4) is 0 Å². The summed E-state index contributed by atoms with van der Waals surface area (Å²) in [7, 11) is 0. The van der Waals surface area contributed by atoms with Gasteiger partial charge in [0.25, 0.3) is 0 Å². The first kappa shape index (κ1) is 44.4. The molecule has 0 radical (unpaired) electrons. The standard InChI is InChI=1S/2C18H34O2.Fe/c2*1-2-3-4-5-6-7-8-9-10-11-12-13-14-15-16-17-18(19)20;/h2*7-8H,2-6,9-17H2,1H3,(H,19,20);/b2*8-7-;. The number of allylic oxidation sites excluding steroid dienone is 4. The largest absolute Gasteiger partial charge is 0.481 e. The maximum Gasteiger partial charge on any atom is 0.303 e. The molecule has 0 aromatic rings. The number of carboxylic acids is 2. The molecule has 0 saturated heterocycles. The minimum atomic E-state index is -0.661. The van der Waals surface area contributed by atoms with Crippen LogP contribution in [0.25, 0.3) is 0 Å². The van der Waals surface area contributed by atoms with Crippen LogP contribution < -0.4 is 0 Å². The molecule has 0 spiro atoms. The summed E-state index contributed by atoms with van der Waals surface area (Å²) in [6.45, 7) is 4.50. The first-order chi connectivity index (χ1) is 19.5. The van der Waals surface area contributed by atoms with Gasteiger partial charge in [0.05, 0.1) is 0 Å². The van der Waals surface area contributed by atoms with Crippen molar-refractivity contribution >= 4 is 11.9 Å². The van der Waals surface area contributed by atoms with Crippen molar-refractivity contribution in [2.75, 3.05) is 0 Å². The third-order valence-electron chi connectivity index (χ3n) is 7.30. The number of rotatable bonds is 30. The molecule has 41 heavy (non-hydrogen) atoms. The van der Waals surface area contributed by atoms with E-state index in [1.807, 2.05) is 0 Å². The van der Waals surface area contributed by atoms with Crippen molar-refractivity contribution in [2.45, 2.75) is 194 Å². The van der Waals surface area contributed by atoms with Crippen LogP contribution in [-0.2, 0) is 26.7 Å². The number of carbonyl (C=O) groups is 2. The molecule has 0 saturated carbocycles. The Morgan fingerprint density at radius 3 is 0.854 bits per heavy atom. The second kappa shape index (κ2) is 41.1. The molecule has 2 N–H and O–H groups in total. The Kier molecular flexibility index (Phi) is 44.5. The predicted molar refractivity (Wildman–Crippen MR) is 174 cm³/mol. The molecule has 0 aromatic carbocycles. The van der Waals surface area contributed by atoms with Gasteiger partial charge >= 0.3 is 11.9 Å². The summed E-state index contributed by atoms with van der Waals surface area (Å²) in [6.07, 6.45) is 42.5. The molecule has 0 unspecified atom stereocenters. The maximum atomic E-state index is 10.3. The Morgan fingerprint density at radius 2 is 0.610 bits per heavy atom.